The van der Waals surface area contributed by atoms with Gasteiger partial charge in [0.15, 0.2) is 0 Å². The Labute approximate surface area is 245 Å². The fourth-order valence-corrected chi connectivity index (χ4v) is 5.42. The van der Waals surface area contributed by atoms with Gasteiger partial charge >= 0.3 is 23.9 Å². The van der Waals surface area contributed by atoms with Gasteiger partial charge in [-0.3, -0.25) is 9.59 Å². The van der Waals surface area contributed by atoms with Crippen LogP contribution in [-0.2, 0) is 5.67 Å². The molecule has 0 aliphatic heterocycles. The molecule has 0 aliphatic rings. The molecule has 2 amide bonds. The molecule has 3 aromatic carbocycles. The van der Waals surface area contributed by atoms with Crippen LogP contribution in [0.15, 0.2) is 60.7 Å². The summed E-state index contributed by atoms with van der Waals surface area (Å²) in [5, 5.41) is 4.63. The Balaban J connectivity index is 1.92. The van der Waals surface area contributed by atoms with E-state index in [1.165, 1.54) is 81.6 Å². The zero-order valence-electron chi connectivity index (χ0n) is 19.1. The first-order chi connectivity index (χ1) is 18.3. The molecule has 16 heteroatoms. The topological polar surface area (TPSA) is 58.2 Å². The Morgan fingerprint density at radius 2 is 1.25 bits per heavy atom. The first kappa shape index (κ1) is 31.9. The molecule has 0 spiro atoms. The number of nitrogens with one attached hydrogen (secondary N) is 2. The summed E-state index contributed by atoms with van der Waals surface area (Å²) in [5.41, 5.74) is -8.85. The number of carbonyl (C=O) groups is 2. The summed E-state index contributed by atoms with van der Waals surface area (Å²) in [6, 6.07) is 10.4. The Bertz CT molecular complexity index is 1440. The zero-order valence-corrected chi connectivity index (χ0v) is 23.4. The predicted molar refractivity (Wildman–Crippen MR) is 140 cm³/mol. The van der Waals surface area contributed by atoms with Crippen molar-refractivity contribution in [2.45, 2.75) is 23.9 Å². The number of hydrogen-bond donors (Lipinski definition) is 2. The Hall–Kier alpha value is -2.64. The molecule has 0 aliphatic carbocycles. The van der Waals surface area contributed by atoms with E-state index in [1.807, 2.05) is 0 Å². The van der Waals surface area contributed by atoms with Crippen LogP contribution in [0.2, 0.25) is 0 Å². The van der Waals surface area contributed by atoms with Crippen LogP contribution in [0.4, 0.5) is 55.3 Å². The lowest BCUT2D eigenvalue weighted by atomic mass is 9.87. The minimum Gasteiger partial charge on any atom is -0.322 e. The number of benzene rings is 3. The van der Waals surface area contributed by atoms with Crippen LogP contribution < -0.4 is 10.6 Å². The number of anilines is 2. The van der Waals surface area contributed by atoms with E-state index >= 15 is 0 Å². The molecule has 214 valence electrons. The lowest BCUT2D eigenvalue weighted by molar-refractivity contribution is -0.389. The average Bonchev–Trinajstić information content (AvgIpc) is 2.84. The van der Waals surface area contributed by atoms with Crippen LogP contribution >= 0.6 is 45.2 Å². The SMILES string of the molecule is O=C(Nc1c(I)cc(C(F)(C(F)(F)F)C(F)(F)C(F)(F)F)cc1I)c1cccc(NC(=O)c2ccccc2F)c1. The van der Waals surface area contributed by atoms with E-state index in [9.17, 15) is 53.5 Å². The van der Waals surface area contributed by atoms with Crippen molar-refractivity contribution in [2.24, 2.45) is 0 Å². The van der Waals surface area contributed by atoms with Crippen LogP contribution in [0, 0.1) is 13.0 Å². The van der Waals surface area contributed by atoms with Crippen molar-refractivity contribution in [1.82, 2.24) is 0 Å². The quantitative estimate of drug-likeness (QED) is 0.194. The Kier molecular flexibility index (Phi) is 9.03. The van der Waals surface area contributed by atoms with Crippen LogP contribution in [0.3, 0.4) is 0 Å². The maximum atomic E-state index is 14.9. The third kappa shape index (κ3) is 6.01. The number of amides is 2. The molecule has 1 atom stereocenters. The molecule has 2 N–H and O–H groups in total. The van der Waals surface area contributed by atoms with E-state index in [1.54, 1.807) is 0 Å². The molecule has 0 fully saturated rings. The van der Waals surface area contributed by atoms with Gasteiger partial charge in [0, 0.05) is 24.0 Å². The molecule has 4 nitrogen and oxygen atoms in total. The van der Waals surface area contributed by atoms with Gasteiger partial charge in [0.05, 0.1) is 11.3 Å². The lowest BCUT2D eigenvalue weighted by Crippen LogP contribution is -2.59. The number of hydrogen-bond acceptors (Lipinski definition) is 2. The minimum atomic E-state index is -6.88. The molecule has 3 aromatic rings. The Morgan fingerprint density at radius 1 is 0.675 bits per heavy atom. The highest BCUT2D eigenvalue weighted by molar-refractivity contribution is 14.1. The smallest absolute Gasteiger partial charge is 0.322 e. The van der Waals surface area contributed by atoms with Crippen molar-refractivity contribution >= 4 is 68.4 Å². The van der Waals surface area contributed by atoms with Crippen molar-refractivity contribution in [1.29, 1.82) is 0 Å². The van der Waals surface area contributed by atoms with Gasteiger partial charge < -0.3 is 10.6 Å². The van der Waals surface area contributed by atoms with Gasteiger partial charge in [0.25, 0.3) is 11.8 Å². The van der Waals surface area contributed by atoms with E-state index in [0.717, 1.165) is 12.1 Å². The normalized spacial score (nSPS) is 13.9. The van der Waals surface area contributed by atoms with Crippen molar-refractivity contribution in [3.63, 3.8) is 0 Å². The van der Waals surface area contributed by atoms with Crippen molar-refractivity contribution in [3.05, 3.63) is 90.3 Å². The maximum absolute atomic E-state index is 14.9. The Morgan fingerprint density at radius 3 is 1.77 bits per heavy atom. The number of rotatable bonds is 6. The third-order valence-corrected chi connectivity index (χ3v) is 7.06. The standard InChI is InChI=1S/C24H12F10I2N2O2/c25-15-7-2-1-6-14(15)20(40)37-13-5-3-4-11(8-13)19(39)38-18-16(35)9-12(10-17(18)36)21(26,23(29,30)31)22(27,28)24(32,33)34/h1-10H,(H,37,40)(H,38,39). The highest BCUT2D eigenvalue weighted by Gasteiger charge is 2.81. The predicted octanol–water partition coefficient (Wildman–Crippen LogP) is 8.46. The fourth-order valence-electron chi connectivity index (χ4n) is 3.38. The summed E-state index contributed by atoms with van der Waals surface area (Å²) in [6.45, 7) is 0. The zero-order chi connectivity index (χ0) is 30.3. The molecular formula is C24H12F10I2N2O2. The molecule has 0 heterocycles. The largest absolute Gasteiger partial charge is 0.457 e. The first-order valence-corrected chi connectivity index (χ1v) is 12.6. The van der Waals surface area contributed by atoms with E-state index < -0.39 is 54.3 Å². The molecule has 3 rings (SSSR count). The summed E-state index contributed by atoms with van der Waals surface area (Å²) >= 11 is 2.48. The lowest BCUT2D eigenvalue weighted by Gasteiger charge is -2.36. The molecular weight excluding hydrogens is 792 g/mol. The molecule has 0 aromatic heterocycles. The number of carbonyl (C=O) groups excluding carboxylic acids is 2. The van der Waals surface area contributed by atoms with Gasteiger partial charge in [-0.15, -0.1) is 0 Å². The van der Waals surface area contributed by atoms with E-state index in [0.29, 0.717) is 0 Å². The van der Waals surface area contributed by atoms with E-state index in [-0.39, 0.29) is 34.6 Å². The molecule has 0 saturated heterocycles. The average molecular weight is 804 g/mol. The van der Waals surface area contributed by atoms with Gasteiger partial charge in [0.2, 0.25) is 0 Å². The second kappa shape index (κ2) is 11.3. The minimum absolute atomic E-state index is 0.0439. The maximum Gasteiger partial charge on any atom is 0.457 e. The molecule has 0 saturated carbocycles. The highest BCUT2D eigenvalue weighted by atomic mass is 127. The van der Waals surface area contributed by atoms with E-state index in [2.05, 4.69) is 10.6 Å². The van der Waals surface area contributed by atoms with Crippen LogP contribution in [0.5, 0.6) is 0 Å². The van der Waals surface area contributed by atoms with Crippen LogP contribution in [-0.4, -0.2) is 30.1 Å². The van der Waals surface area contributed by atoms with Gasteiger partial charge in [-0.25, -0.2) is 8.78 Å². The van der Waals surface area contributed by atoms with Gasteiger partial charge in [-0.2, -0.15) is 35.1 Å². The van der Waals surface area contributed by atoms with Crippen molar-refractivity contribution < 1.29 is 53.5 Å². The second-order valence-corrected chi connectivity index (χ2v) is 10.3. The highest BCUT2D eigenvalue weighted by Crippen LogP contribution is 2.58. The number of alkyl halides is 9. The molecule has 0 radical (unpaired) electrons. The van der Waals surface area contributed by atoms with Gasteiger partial charge in [0.1, 0.15) is 5.82 Å². The number of halogens is 12. The molecule has 40 heavy (non-hydrogen) atoms. The monoisotopic (exact) mass is 804 g/mol. The molecule has 1 unspecified atom stereocenters. The molecule has 0 bridgehead atoms. The van der Waals surface area contributed by atoms with Crippen molar-refractivity contribution in [3.8, 4) is 0 Å². The van der Waals surface area contributed by atoms with Crippen LogP contribution in [0.1, 0.15) is 26.3 Å². The van der Waals surface area contributed by atoms with E-state index in [4.69, 9.17) is 0 Å². The van der Waals surface area contributed by atoms with Gasteiger partial charge in [-0.05, 0) is 87.6 Å². The second-order valence-electron chi connectivity index (χ2n) is 8.01. The van der Waals surface area contributed by atoms with Crippen LogP contribution in [0.25, 0.3) is 0 Å². The van der Waals surface area contributed by atoms with Crippen molar-refractivity contribution in [2.75, 3.05) is 10.6 Å². The first-order valence-electron chi connectivity index (χ1n) is 10.5. The fraction of sp³-hybridized carbons (Fsp3) is 0.167. The summed E-state index contributed by atoms with van der Waals surface area (Å²) in [6.07, 6.45) is -13.6. The third-order valence-electron chi connectivity index (χ3n) is 5.36. The summed E-state index contributed by atoms with van der Waals surface area (Å²) in [5.74, 6) is -9.43. The van der Waals surface area contributed by atoms with Gasteiger partial charge in [-0.1, -0.05) is 18.2 Å². The summed E-state index contributed by atoms with van der Waals surface area (Å²) in [4.78, 5) is 25.1. The summed E-state index contributed by atoms with van der Waals surface area (Å²) in [7, 11) is 0. The summed E-state index contributed by atoms with van der Waals surface area (Å²) < 4.78 is 134.